The standard InChI is InChI=1S/C32H44/c1-3-5-7-9-25-11-14-27(15-12-25)28-17-19-29(20-18-28)31-22-21-30-23-26(10-8-6-4-2)13-16-32(30)24-31/h4,6-7,9,13,16,21-25,27-29H,3,5,8,10-12,14-15,17-20H2,1-2H3/b6-4+,9-7+. The molecule has 0 unspecified atom stereocenters. The normalized spacial score (nSPS) is 26.9. The maximum Gasteiger partial charge on any atom is -0.0162 e. The minimum Gasteiger partial charge on any atom is -0.0917 e. The van der Waals surface area contributed by atoms with Crippen molar-refractivity contribution in [3.05, 3.63) is 71.8 Å². The number of hydrogen-bond donors (Lipinski definition) is 0. The summed E-state index contributed by atoms with van der Waals surface area (Å²) in [4.78, 5) is 0. The van der Waals surface area contributed by atoms with E-state index in [1.807, 2.05) is 0 Å². The molecular formula is C32H44. The van der Waals surface area contributed by atoms with Crippen LogP contribution in [0.2, 0.25) is 0 Å². The van der Waals surface area contributed by atoms with Crippen molar-refractivity contribution in [2.75, 3.05) is 0 Å². The van der Waals surface area contributed by atoms with Crippen LogP contribution in [0.25, 0.3) is 10.8 Å². The highest BCUT2D eigenvalue weighted by molar-refractivity contribution is 5.84. The summed E-state index contributed by atoms with van der Waals surface area (Å²) in [5.41, 5.74) is 3.04. The van der Waals surface area contributed by atoms with Crippen molar-refractivity contribution >= 4 is 10.8 Å². The van der Waals surface area contributed by atoms with Gasteiger partial charge < -0.3 is 0 Å². The van der Waals surface area contributed by atoms with Crippen LogP contribution in [0.4, 0.5) is 0 Å². The number of hydrogen-bond acceptors (Lipinski definition) is 0. The summed E-state index contributed by atoms with van der Waals surface area (Å²) < 4.78 is 0. The predicted octanol–water partition coefficient (Wildman–Crippen LogP) is 9.78. The molecule has 0 heteroatoms. The van der Waals surface area contributed by atoms with Gasteiger partial charge in [-0.1, -0.05) is 74.0 Å². The smallest absolute Gasteiger partial charge is 0.0162 e. The fourth-order valence-electron chi connectivity index (χ4n) is 6.33. The molecule has 2 aliphatic carbocycles. The Hall–Kier alpha value is -1.82. The van der Waals surface area contributed by atoms with E-state index in [0.717, 1.165) is 36.5 Å². The van der Waals surface area contributed by atoms with Gasteiger partial charge in [-0.3, -0.25) is 0 Å². The van der Waals surface area contributed by atoms with E-state index in [4.69, 9.17) is 0 Å². The van der Waals surface area contributed by atoms with Crippen LogP contribution in [0.3, 0.4) is 0 Å². The van der Waals surface area contributed by atoms with Crippen LogP contribution in [0.15, 0.2) is 60.7 Å². The molecule has 2 fully saturated rings. The fraction of sp³-hybridized carbons (Fsp3) is 0.562. The van der Waals surface area contributed by atoms with E-state index < -0.39 is 0 Å². The molecule has 0 radical (unpaired) electrons. The molecule has 2 aromatic carbocycles. The van der Waals surface area contributed by atoms with Gasteiger partial charge in [0.25, 0.3) is 0 Å². The molecule has 0 saturated heterocycles. The molecule has 0 nitrogen and oxygen atoms in total. The Morgan fingerprint density at radius 2 is 1.44 bits per heavy atom. The zero-order chi connectivity index (χ0) is 22.2. The molecular weight excluding hydrogens is 384 g/mol. The second-order valence-corrected chi connectivity index (χ2v) is 10.6. The van der Waals surface area contributed by atoms with Crippen LogP contribution in [0, 0.1) is 17.8 Å². The monoisotopic (exact) mass is 428 g/mol. The molecule has 0 aromatic heterocycles. The maximum atomic E-state index is 2.53. The molecule has 0 atom stereocenters. The van der Waals surface area contributed by atoms with E-state index in [9.17, 15) is 0 Å². The first-order valence-electron chi connectivity index (χ1n) is 13.6. The Labute approximate surface area is 197 Å². The third-order valence-electron chi connectivity index (χ3n) is 8.35. The number of allylic oxidation sites excluding steroid dienone is 4. The molecule has 0 bridgehead atoms. The first-order valence-corrected chi connectivity index (χ1v) is 13.6. The van der Waals surface area contributed by atoms with Gasteiger partial charge in [0.05, 0.1) is 0 Å². The summed E-state index contributed by atoms with van der Waals surface area (Å²) in [5.74, 6) is 3.64. The molecule has 4 rings (SSSR count). The van der Waals surface area contributed by atoms with E-state index in [-0.39, 0.29) is 0 Å². The van der Waals surface area contributed by atoms with Crippen molar-refractivity contribution in [3.63, 3.8) is 0 Å². The zero-order valence-corrected chi connectivity index (χ0v) is 20.6. The van der Waals surface area contributed by atoms with Gasteiger partial charge in [0, 0.05) is 0 Å². The van der Waals surface area contributed by atoms with Gasteiger partial charge in [0.1, 0.15) is 0 Å². The second kappa shape index (κ2) is 11.9. The van der Waals surface area contributed by atoms with Crippen molar-refractivity contribution in [1.82, 2.24) is 0 Å². The minimum atomic E-state index is 0.776. The second-order valence-electron chi connectivity index (χ2n) is 10.6. The van der Waals surface area contributed by atoms with E-state index in [0.29, 0.717) is 0 Å². The molecule has 172 valence electrons. The van der Waals surface area contributed by atoms with E-state index in [2.05, 4.69) is 74.5 Å². The number of fused-ring (bicyclic) bond motifs is 1. The zero-order valence-electron chi connectivity index (χ0n) is 20.6. The molecule has 0 spiro atoms. The number of rotatable bonds is 8. The van der Waals surface area contributed by atoms with E-state index >= 15 is 0 Å². The molecule has 0 amide bonds. The minimum absolute atomic E-state index is 0.776. The van der Waals surface area contributed by atoms with Gasteiger partial charge in [-0.25, -0.2) is 0 Å². The first-order chi connectivity index (χ1) is 15.8. The highest BCUT2D eigenvalue weighted by atomic mass is 14.4. The quantitative estimate of drug-likeness (QED) is 0.367. The predicted molar refractivity (Wildman–Crippen MR) is 141 cm³/mol. The molecule has 32 heavy (non-hydrogen) atoms. The summed E-state index contributed by atoms with van der Waals surface area (Å²) in [6.07, 6.45) is 25.7. The van der Waals surface area contributed by atoms with Gasteiger partial charge in [0.2, 0.25) is 0 Å². The van der Waals surface area contributed by atoms with Gasteiger partial charge in [0.15, 0.2) is 0 Å². The summed E-state index contributed by atoms with van der Waals surface area (Å²) in [5, 5.41) is 2.83. The van der Waals surface area contributed by atoms with Crippen LogP contribution in [-0.2, 0) is 6.42 Å². The third kappa shape index (κ3) is 6.15. The summed E-state index contributed by atoms with van der Waals surface area (Å²) >= 11 is 0. The van der Waals surface area contributed by atoms with Gasteiger partial charge in [-0.15, -0.1) is 0 Å². The van der Waals surface area contributed by atoms with Crippen molar-refractivity contribution < 1.29 is 0 Å². The topological polar surface area (TPSA) is 0 Å². The molecule has 0 N–H and O–H groups in total. The maximum absolute atomic E-state index is 2.53. The fourth-order valence-corrected chi connectivity index (χ4v) is 6.33. The van der Waals surface area contributed by atoms with Crippen LogP contribution in [-0.4, -0.2) is 0 Å². The SMILES string of the molecule is C/C=C/CCc1ccc2cc(C3CCC(C4CCC(/C=C/CCC)CC4)CC3)ccc2c1. The van der Waals surface area contributed by atoms with Crippen LogP contribution >= 0.6 is 0 Å². The molecule has 2 aliphatic rings. The lowest BCUT2D eigenvalue weighted by molar-refractivity contribution is 0.171. The van der Waals surface area contributed by atoms with Crippen LogP contribution in [0.5, 0.6) is 0 Å². The average Bonchev–Trinajstić information content (AvgIpc) is 2.85. The first kappa shape index (κ1) is 23.3. The Morgan fingerprint density at radius 3 is 2.16 bits per heavy atom. The Bertz CT molecular complexity index is 885. The van der Waals surface area contributed by atoms with Gasteiger partial charge in [-0.05, 0) is 123 Å². The number of benzene rings is 2. The van der Waals surface area contributed by atoms with Crippen molar-refractivity contribution in [3.8, 4) is 0 Å². The highest BCUT2D eigenvalue weighted by Gasteiger charge is 2.30. The molecule has 2 aromatic rings. The van der Waals surface area contributed by atoms with Crippen LogP contribution in [0.1, 0.15) is 102 Å². The van der Waals surface area contributed by atoms with E-state index in [1.54, 1.807) is 5.56 Å². The Morgan fingerprint density at radius 1 is 0.750 bits per heavy atom. The van der Waals surface area contributed by atoms with Crippen molar-refractivity contribution in [2.45, 2.75) is 96.8 Å². The highest BCUT2D eigenvalue weighted by Crippen LogP contribution is 2.44. The molecule has 0 heterocycles. The third-order valence-corrected chi connectivity index (χ3v) is 8.35. The van der Waals surface area contributed by atoms with E-state index in [1.165, 1.54) is 80.5 Å². The van der Waals surface area contributed by atoms with Crippen molar-refractivity contribution in [1.29, 1.82) is 0 Å². The summed E-state index contributed by atoms with van der Waals surface area (Å²) in [7, 11) is 0. The van der Waals surface area contributed by atoms with Gasteiger partial charge in [-0.2, -0.15) is 0 Å². The summed E-state index contributed by atoms with van der Waals surface area (Å²) in [6, 6.07) is 14.4. The molecule has 0 aliphatic heterocycles. The lowest BCUT2D eigenvalue weighted by Crippen LogP contribution is -2.25. The van der Waals surface area contributed by atoms with Crippen molar-refractivity contribution in [2.24, 2.45) is 17.8 Å². The molecule has 2 saturated carbocycles. The lowest BCUT2D eigenvalue weighted by Gasteiger charge is -2.37. The number of unbranched alkanes of at least 4 members (excludes halogenated alkanes) is 1. The summed E-state index contributed by atoms with van der Waals surface area (Å²) in [6.45, 7) is 4.38. The van der Waals surface area contributed by atoms with Crippen LogP contribution < -0.4 is 0 Å². The largest absolute Gasteiger partial charge is 0.0917 e. The van der Waals surface area contributed by atoms with Gasteiger partial charge >= 0.3 is 0 Å². The Kier molecular flexibility index (Phi) is 8.66. The average molecular weight is 429 g/mol. The number of aryl methyl sites for hydroxylation is 1. The Balaban J connectivity index is 1.29. The lowest BCUT2D eigenvalue weighted by atomic mass is 9.68.